The minimum Gasteiger partial charge on any atom is -0.329 e. The van der Waals surface area contributed by atoms with Crippen LogP contribution in [0.4, 0.5) is 0 Å². The number of hydrogen-bond donors (Lipinski definition) is 0. The second-order valence-electron chi connectivity index (χ2n) is 4.37. The van der Waals surface area contributed by atoms with Crippen LogP contribution in [-0.2, 0) is 17.9 Å². The van der Waals surface area contributed by atoms with Crippen molar-refractivity contribution in [1.29, 1.82) is 0 Å². The minimum absolute atomic E-state index is 0.0361. The molecule has 4 nitrogen and oxygen atoms in total. The fourth-order valence-corrected chi connectivity index (χ4v) is 1.99. The van der Waals surface area contributed by atoms with Gasteiger partial charge in [0, 0.05) is 24.2 Å². The predicted molar refractivity (Wildman–Crippen MR) is 58.5 cm³/mol. The molecule has 0 aromatic carbocycles. The molecule has 2 heterocycles. The molecule has 1 aliphatic carbocycles. The maximum Gasteiger partial charge on any atom is 0.246 e. The van der Waals surface area contributed by atoms with Crippen molar-refractivity contribution in [3.8, 4) is 0 Å². The Balaban J connectivity index is 1.85. The molecule has 0 spiro atoms. The third kappa shape index (κ3) is 1.50. The van der Waals surface area contributed by atoms with E-state index in [0.717, 1.165) is 17.1 Å². The van der Waals surface area contributed by atoms with Crippen LogP contribution in [0.25, 0.3) is 0 Å². The highest BCUT2D eigenvalue weighted by atomic mass is 16.2. The first kappa shape index (κ1) is 9.51. The summed E-state index contributed by atoms with van der Waals surface area (Å²) in [6, 6.07) is 0. The maximum absolute atomic E-state index is 11.5. The van der Waals surface area contributed by atoms with Crippen LogP contribution in [0.15, 0.2) is 18.9 Å². The Morgan fingerprint density at radius 2 is 2.31 bits per heavy atom. The van der Waals surface area contributed by atoms with Gasteiger partial charge in [0.15, 0.2) is 0 Å². The molecule has 1 amide bonds. The number of aromatic nitrogens is 2. The van der Waals surface area contributed by atoms with Gasteiger partial charge in [-0.15, -0.1) is 0 Å². The summed E-state index contributed by atoms with van der Waals surface area (Å²) in [7, 11) is 0. The summed E-state index contributed by atoms with van der Waals surface area (Å²) < 4.78 is 0. The Labute approximate surface area is 94.0 Å². The SMILES string of the molecule is C=CC(=O)N1Cc2cnc(C3CC3)nc2C1. The lowest BCUT2D eigenvalue weighted by molar-refractivity contribution is -0.126. The molecule has 1 aromatic rings. The lowest BCUT2D eigenvalue weighted by Gasteiger charge is -2.10. The second-order valence-corrected chi connectivity index (χ2v) is 4.37. The van der Waals surface area contributed by atoms with Gasteiger partial charge in [-0.1, -0.05) is 6.58 Å². The molecule has 1 saturated carbocycles. The van der Waals surface area contributed by atoms with Gasteiger partial charge in [0.1, 0.15) is 5.82 Å². The van der Waals surface area contributed by atoms with Gasteiger partial charge in [0.05, 0.1) is 12.2 Å². The van der Waals surface area contributed by atoms with Crippen LogP contribution in [0, 0.1) is 0 Å². The number of fused-ring (bicyclic) bond motifs is 1. The van der Waals surface area contributed by atoms with Crippen LogP contribution in [-0.4, -0.2) is 20.8 Å². The van der Waals surface area contributed by atoms with E-state index in [1.165, 1.54) is 18.9 Å². The van der Waals surface area contributed by atoms with E-state index < -0.39 is 0 Å². The molecule has 3 rings (SSSR count). The number of rotatable bonds is 2. The molecule has 1 aromatic heterocycles. The molecule has 2 aliphatic rings. The molecule has 0 saturated heterocycles. The van der Waals surface area contributed by atoms with E-state index in [-0.39, 0.29) is 5.91 Å². The van der Waals surface area contributed by atoms with Crippen LogP contribution < -0.4 is 0 Å². The molecule has 0 radical (unpaired) electrons. The second kappa shape index (κ2) is 3.40. The number of carbonyl (C=O) groups is 1. The summed E-state index contributed by atoms with van der Waals surface area (Å²) in [6.07, 6.45) is 5.62. The zero-order valence-corrected chi connectivity index (χ0v) is 9.02. The monoisotopic (exact) mass is 215 g/mol. The van der Waals surface area contributed by atoms with Gasteiger partial charge in [0.25, 0.3) is 0 Å². The molecule has 0 atom stereocenters. The van der Waals surface area contributed by atoms with Crippen molar-refractivity contribution in [3.05, 3.63) is 35.9 Å². The minimum atomic E-state index is -0.0361. The van der Waals surface area contributed by atoms with E-state index >= 15 is 0 Å². The van der Waals surface area contributed by atoms with E-state index in [4.69, 9.17) is 0 Å². The van der Waals surface area contributed by atoms with Crippen molar-refractivity contribution < 1.29 is 4.79 Å². The van der Waals surface area contributed by atoms with Gasteiger partial charge in [-0.3, -0.25) is 4.79 Å². The molecule has 16 heavy (non-hydrogen) atoms. The summed E-state index contributed by atoms with van der Waals surface area (Å²) in [6.45, 7) is 4.71. The van der Waals surface area contributed by atoms with Gasteiger partial charge >= 0.3 is 0 Å². The topological polar surface area (TPSA) is 46.1 Å². The molecule has 1 aliphatic heterocycles. The number of carbonyl (C=O) groups excluding carboxylic acids is 1. The van der Waals surface area contributed by atoms with Crippen molar-refractivity contribution >= 4 is 5.91 Å². The van der Waals surface area contributed by atoms with Crippen LogP contribution in [0.5, 0.6) is 0 Å². The predicted octanol–water partition coefficient (Wildman–Crippen LogP) is 1.38. The lowest BCUT2D eigenvalue weighted by Crippen LogP contribution is -2.22. The quantitative estimate of drug-likeness (QED) is 0.700. The first-order valence-corrected chi connectivity index (χ1v) is 5.54. The van der Waals surface area contributed by atoms with Crippen molar-refractivity contribution in [1.82, 2.24) is 14.9 Å². The summed E-state index contributed by atoms with van der Waals surface area (Å²) in [5.41, 5.74) is 2.08. The maximum atomic E-state index is 11.5. The molecule has 0 bridgehead atoms. The third-order valence-corrected chi connectivity index (χ3v) is 3.10. The Kier molecular flexibility index (Phi) is 2.02. The first-order chi connectivity index (χ1) is 7.78. The zero-order chi connectivity index (χ0) is 11.1. The average Bonchev–Trinajstić information content (AvgIpc) is 3.07. The first-order valence-electron chi connectivity index (χ1n) is 5.54. The van der Waals surface area contributed by atoms with Gasteiger partial charge in [-0.25, -0.2) is 9.97 Å². The van der Waals surface area contributed by atoms with Crippen molar-refractivity contribution in [3.63, 3.8) is 0 Å². The number of hydrogen-bond acceptors (Lipinski definition) is 3. The molecule has 82 valence electrons. The summed E-state index contributed by atoms with van der Waals surface area (Å²) in [5.74, 6) is 1.48. The van der Waals surface area contributed by atoms with Crippen molar-refractivity contribution in [2.75, 3.05) is 0 Å². The van der Waals surface area contributed by atoms with Crippen molar-refractivity contribution in [2.45, 2.75) is 31.8 Å². The van der Waals surface area contributed by atoms with Gasteiger partial charge in [0.2, 0.25) is 5.91 Å². The fourth-order valence-electron chi connectivity index (χ4n) is 1.99. The Morgan fingerprint density at radius 1 is 1.50 bits per heavy atom. The number of amides is 1. The highest BCUT2D eigenvalue weighted by Crippen LogP contribution is 2.38. The standard InChI is InChI=1S/C12H13N3O/c1-2-11(16)15-6-9-5-13-12(8-3-4-8)14-10(9)7-15/h2,5,8H,1,3-4,6-7H2. The van der Waals surface area contributed by atoms with Gasteiger partial charge in [-0.05, 0) is 18.9 Å². The van der Waals surface area contributed by atoms with Crippen molar-refractivity contribution in [2.24, 2.45) is 0 Å². The lowest BCUT2D eigenvalue weighted by atomic mass is 10.2. The third-order valence-electron chi connectivity index (χ3n) is 3.10. The Hall–Kier alpha value is -1.71. The summed E-state index contributed by atoms with van der Waals surface area (Å²) >= 11 is 0. The average molecular weight is 215 g/mol. The van der Waals surface area contributed by atoms with E-state index in [1.807, 2.05) is 6.20 Å². The highest BCUT2D eigenvalue weighted by molar-refractivity contribution is 5.87. The zero-order valence-electron chi connectivity index (χ0n) is 9.02. The molecule has 4 heteroatoms. The van der Waals surface area contributed by atoms with E-state index in [0.29, 0.717) is 19.0 Å². The Bertz CT molecular complexity index is 465. The Morgan fingerprint density at radius 3 is 3.00 bits per heavy atom. The van der Waals surface area contributed by atoms with Crippen LogP contribution >= 0.6 is 0 Å². The van der Waals surface area contributed by atoms with E-state index in [1.54, 1.807) is 4.90 Å². The highest BCUT2D eigenvalue weighted by Gasteiger charge is 2.29. The summed E-state index contributed by atoms with van der Waals surface area (Å²) in [4.78, 5) is 22.1. The van der Waals surface area contributed by atoms with Crippen LogP contribution in [0.3, 0.4) is 0 Å². The smallest absolute Gasteiger partial charge is 0.246 e. The number of nitrogens with zero attached hydrogens (tertiary/aromatic N) is 3. The molecule has 0 N–H and O–H groups in total. The largest absolute Gasteiger partial charge is 0.329 e. The van der Waals surface area contributed by atoms with Crippen LogP contribution in [0.1, 0.15) is 35.8 Å². The van der Waals surface area contributed by atoms with Gasteiger partial charge < -0.3 is 4.90 Å². The molecule has 1 fully saturated rings. The summed E-state index contributed by atoms with van der Waals surface area (Å²) in [5, 5.41) is 0. The van der Waals surface area contributed by atoms with Gasteiger partial charge in [-0.2, -0.15) is 0 Å². The normalized spacial score (nSPS) is 18.4. The fraction of sp³-hybridized carbons (Fsp3) is 0.417. The van der Waals surface area contributed by atoms with E-state index in [9.17, 15) is 4.79 Å². The molecular weight excluding hydrogens is 202 g/mol. The van der Waals surface area contributed by atoms with Crippen LogP contribution in [0.2, 0.25) is 0 Å². The van der Waals surface area contributed by atoms with E-state index in [2.05, 4.69) is 16.5 Å². The molecular formula is C12H13N3O. The molecule has 0 unspecified atom stereocenters.